The molecule has 1 saturated carbocycles. The van der Waals surface area contributed by atoms with Gasteiger partial charge >= 0.3 is 0 Å². The van der Waals surface area contributed by atoms with E-state index in [-0.39, 0.29) is 0 Å². The molecule has 64 valence electrons. The third-order valence-corrected chi connectivity index (χ3v) is 2.93. The normalized spacial score (nSPS) is 30.3. The van der Waals surface area contributed by atoms with Gasteiger partial charge in [0.1, 0.15) is 0 Å². The van der Waals surface area contributed by atoms with E-state index in [0.29, 0.717) is 0 Å². The summed E-state index contributed by atoms with van der Waals surface area (Å²) in [6.45, 7) is 6.55. The predicted molar refractivity (Wildman–Crippen MR) is 44.6 cm³/mol. The molecule has 0 aromatic heterocycles. The molecule has 1 aliphatic heterocycles. The zero-order valence-electron chi connectivity index (χ0n) is 7.25. The van der Waals surface area contributed by atoms with Crippen LogP contribution in [0.5, 0.6) is 0 Å². The van der Waals surface area contributed by atoms with Crippen LogP contribution in [0, 0.1) is 5.92 Å². The zero-order valence-corrected chi connectivity index (χ0v) is 7.25. The standard InChI is InChI=1S/C9H17NO/c1-8(9-2-3-9)10-4-6-11-7-5-10/h8-9H,2-7H2,1H3. The first-order valence-corrected chi connectivity index (χ1v) is 4.70. The second-order valence-electron chi connectivity index (χ2n) is 3.73. The van der Waals surface area contributed by atoms with Gasteiger partial charge in [-0.2, -0.15) is 0 Å². The number of nitrogens with zero attached hydrogens (tertiary/aromatic N) is 1. The van der Waals surface area contributed by atoms with E-state index in [1.807, 2.05) is 0 Å². The molecule has 1 heterocycles. The summed E-state index contributed by atoms with van der Waals surface area (Å²) < 4.78 is 5.31. The summed E-state index contributed by atoms with van der Waals surface area (Å²) in [4.78, 5) is 2.57. The first kappa shape index (κ1) is 7.56. The Labute approximate surface area is 68.5 Å². The van der Waals surface area contributed by atoms with Crippen molar-refractivity contribution in [1.29, 1.82) is 0 Å². The predicted octanol–water partition coefficient (Wildman–Crippen LogP) is 1.12. The van der Waals surface area contributed by atoms with E-state index < -0.39 is 0 Å². The lowest BCUT2D eigenvalue weighted by Crippen LogP contribution is -2.43. The molecule has 0 amide bonds. The SMILES string of the molecule is CC(C1CC1)N1CCOCC1. The van der Waals surface area contributed by atoms with Crippen LogP contribution in [0.15, 0.2) is 0 Å². The van der Waals surface area contributed by atoms with E-state index in [1.165, 1.54) is 12.8 Å². The van der Waals surface area contributed by atoms with E-state index in [9.17, 15) is 0 Å². The number of rotatable bonds is 2. The number of morpholine rings is 1. The Hall–Kier alpha value is -0.0800. The smallest absolute Gasteiger partial charge is 0.0594 e. The topological polar surface area (TPSA) is 12.5 Å². The third kappa shape index (κ3) is 1.74. The summed E-state index contributed by atoms with van der Waals surface area (Å²) in [6.07, 6.45) is 2.91. The Balaban J connectivity index is 1.81. The molecule has 0 N–H and O–H groups in total. The highest BCUT2D eigenvalue weighted by Crippen LogP contribution is 2.35. The first-order chi connectivity index (χ1) is 5.38. The Bertz CT molecular complexity index is 128. The van der Waals surface area contributed by atoms with Crippen molar-refractivity contribution < 1.29 is 4.74 Å². The molecular weight excluding hydrogens is 138 g/mol. The van der Waals surface area contributed by atoms with E-state index >= 15 is 0 Å². The summed E-state index contributed by atoms with van der Waals surface area (Å²) in [5.74, 6) is 1.01. The van der Waals surface area contributed by atoms with Gasteiger partial charge in [-0.05, 0) is 25.7 Å². The minimum atomic E-state index is 0.818. The molecule has 11 heavy (non-hydrogen) atoms. The van der Waals surface area contributed by atoms with Gasteiger partial charge in [0.25, 0.3) is 0 Å². The molecule has 0 aromatic carbocycles. The van der Waals surface area contributed by atoms with Gasteiger partial charge in [-0.1, -0.05) is 0 Å². The van der Waals surface area contributed by atoms with Crippen LogP contribution in [0.4, 0.5) is 0 Å². The fourth-order valence-corrected chi connectivity index (χ4v) is 1.86. The van der Waals surface area contributed by atoms with Crippen LogP contribution in [0.2, 0.25) is 0 Å². The van der Waals surface area contributed by atoms with Gasteiger partial charge < -0.3 is 4.74 Å². The maximum atomic E-state index is 5.31. The highest BCUT2D eigenvalue weighted by Gasteiger charge is 2.32. The van der Waals surface area contributed by atoms with Crippen LogP contribution in [0.3, 0.4) is 0 Å². The monoisotopic (exact) mass is 155 g/mol. The van der Waals surface area contributed by atoms with E-state index in [0.717, 1.165) is 38.3 Å². The molecule has 2 aliphatic rings. The van der Waals surface area contributed by atoms with Gasteiger partial charge in [0, 0.05) is 19.1 Å². The Morgan fingerprint density at radius 3 is 2.45 bits per heavy atom. The van der Waals surface area contributed by atoms with Crippen molar-refractivity contribution in [3.05, 3.63) is 0 Å². The molecule has 0 bridgehead atoms. The minimum Gasteiger partial charge on any atom is -0.379 e. The average Bonchev–Trinajstić information content (AvgIpc) is 2.87. The van der Waals surface area contributed by atoms with Gasteiger partial charge in [-0.25, -0.2) is 0 Å². The second kappa shape index (κ2) is 3.11. The van der Waals surface area contributed by atoms with Crippen molar-refractivity contribution in [1.82, 2.24) is 4.90 Å². The van der Waals surface area contributed by atoms with Gasteiger partial charge in [-0.3, -0.25) is 4.90 Å². The molecule has 0 spiro atoms. The molecule has 1 atom stereocenters. The van der Waals surface area contributed by atoms with Crippen LogP contribution in [-0.2, 0) is 4.74 Å². The van der Waals surface area contributed by atoms with Crippen molar-refractivity contribution >= 4 is 0 Å². The lowest BCUT2D eigenvalue weighted by atomic mass is 10.2. The fraction of sp³-hybridized carbons (Fsp3) is 1.00. The quantitative estimate of drug-likeness (QED) is 0.592. The second-order valence-corrected chi connectivity index (χ2v) is 3.73. The molecule has 2 heteroatoms. The van der Waals surface area contributed by atoms with Crippen molar-refractivity contribution in [2.45, 2.75) is 25.8 Å². The van der Waals surface area contributed by atoms with E-state index in [4.69, 9.17) is 4.74 Å². The maximum absolute atomic E-state index is 5.31. The molecule has 2 nitrogen and oxygen atoms in total. The van der Waals surface area contributed by atoms with Crippen LogP contribution in [-0.4, -0.2) is 37.2 Å². The molecule has 2 fully saturated rings. The van der Waals surface area contributed by atoms with Gasteiger partial charge in [0.05, 0.1) is 13.2 Å². The Morgan fingerprint density at radius 1 is 1.27 bits per heavy atom. The summed E-state index contributed by atoms with van der Waals surface area (Å²) in [6, 6.07) is 0.818. The molecule has 1 aliphatic carbocycles. The van der Waals surface area contributed by atoms with Crippen molar-refractivity contribution in [2.24, 2.45) is 5.92 Å². The molecule has 2 rings (SSSR count). The summed E-state index contributed by atoms with van der Waals surface area (Å²) >= 11 is 0. The van der Waals surface area contributed by atoms with Crippen LogP contribution >= 0.6 is 0 Å². The van der Waals surface area contributed by atoms with E-state index in [2.05, 4.69) is 11.8 Å². The van der Waals surface area contributed by atoms with Crippen molar-refractivity contribution in [3.63, 3.8) is 0 Å². The van der Waals surface area contributed by atoms with Gasteiger partial charge in [-0.15, -0.1) is 0 Å². The molecule has 0 aromatic rings. The summed E-state index contributed by atoms with van der Waals surface area (Å²) in [5, 5.41) is 0. The summed E-state index contributed by atoms with van der Waals surface area (Å²) in [5.41, 5.74) is 0. The Morgan fingerprint density at radius 2 is 1.91 bits per heavy atom. The highest BCUT2D eigenvalue weighted by molar-refractivity contribution is 4.85. The number of ether oxygens (including phenoxy) is 1. The average molecular weight is 155 g/mol. The number of hydrogen-bond donors (Lipinski definition) is 0. The highest BCUT2D eigenvalue weighted by atomic mass is 16.5. The molecule has 1 saturated heterocycles. The molecule has 0 radical (unpaired) electrons. The van der Waals surface area contributed by atoms with Crippen molar-refractivity contribution in [3.8, 4) is 0 Å². The molecular formula is C9H17NO. The number of hydrogen-bond acceptors (Lipinski definition) is 2. The molecule has 1 unspecified atom stereocenters. The van der Waals surface area contributed by atoms with E-state index in [1.54, 1.807) is 0 Å². The lowest BCUT2D eigenvalue weighted by Gasteiger charge is -2.32. The fourth-order valence-electron chi connectivity index (χ4n) is 1.86. The summed E-state index contributed by atoms with van der Waals surface area (Å²) in [7, 11) is 0. The first-order valence-electron chi connectivity index (χ1n) is 4.70. The Kier molecular flexibility index (Phi) is 2.14. The van der Waals surface area contributed by atoms with Gasteiger partial charge in [0.2, 0.25) is 0 Å². The maximum Gasteiger partial charge on any atom is 0.0594 e. The van der Waals surface area contributed by atoms with Crippen LogP contribution in [0.25, 0.3) is 0 Å². The zero-order chi connectivity index (χ0) is 7.68. The van der Waals surface area contributed by atoms with Crippen molar-refractivity contribution in [2.75, 3.05) is 26.3 Å². The third-order valence-electron chi connectivity index (χ3n) is 2.93. The van der Waals surface area contributed by atoms with Crippen LogP contribution in [0.1, 0.15) is 19.8 Å². The van der Waals surface area contributed by atoms with Crippen LogP contribution < -0.4 is 0 Å². The lowest BCUT2D eigenvalue weighted by molar-refractivity contribution is 0.0159. The minimum absolute atomic E-state index is 0.818. The van der Waals surface area contributed by atoms with Gasteiger partial charge in [0.15, 0.2) is 0 Å². The largest absolute Gasteiger partial charge is 0.379 e.